The van der Waals surface area contributed by atoms with Gasteiger partial charge in [0, 0.05) is 37.1 Å². The number of hydrogen-bond donors (Lipinski definition) is 3. The number of hydrogen-bond acceptors (Lipinski definition) is 4. The number of nitrogens with zero attached hydrogens (tertiary/aromatic N) is 2. The normalized spacial score (nSPS) is 19.4. The summed E-state index contributed by atoms with van der Waals surface area (Å²) >= 11 is 6.86. The standard InChI is InChI=1S/C20H20ClN5O/c1-11-2-5-16-15(10-24-25-16)17(11)13-3-4-14-19(18(13)21)23-9-12-8-22-6-7-26(12)20(14)27/h2-5,10,12,22-23H,6-9H2,1H3,(H,24,25)/t12-/m1/s1. The highest BCUT2D eigenvalue weighted by molar-refractivity contribution is 6.37. The van der Waals surface area contributed by atoms with Crippen LogP contribution in [0.3, 0.4) is 0 Å². The lowest BCUT2D eigenvalue weighted by atomic mass is 9.95. The van der Waals surface area contributed by atoms with Crippen LogP contribution in [0.15, 0.2) is 30.5 Å². The Balaban J connectivity index is 1.68. The maximum absolute atomic E-state index is 13.1. The van der Waals surface area contributed by atoms with Crippen LogP contribution in [0.5, 0.6) is 0 Å². The van der Waals surface area contributed by atoms with Gasteiger partial charge in [-0.3, -0.25) is 9.89 Å². The Hall–Kier alpha value is -2.57. The van der Waals surface area contributed by atoms with Gasteiger partial charge < -0.3 is 15.5 Å². The van der Waals surface area contributed by atoms with Crippen LogP contribution in [0, 0.1) is 6.92 Å². The number of carbonyl (C=O) groups excluding carboxylic acids is 1. The van der Waals surface area contributed by atoms with Crippen molar-refractivity contribution >= 4 is 34.1 Å². The highest BCUT2D eigenvalue weighted by Gasteiger charge is 2.33. The lowest BCUT2D eigenvalue weighted by Crippen LogP contribution is -2.55. The lowest BCUT2D eigenvalue weighted by molar-refractivity contribution is 0.0658. The number of carbonyl (C=O) groups is 1. The van der Waals surface area contributed by atoms with E-state index in [0.29, 0.717) is 17.1 Å². The molecule has 2 aliphatic rings. The molecule has 1 fully saturated rings. The zero-order chi connectivity index (χ0) is 18.5. The molecule has 138 valence electrons. The minimum atomic E-state index is 0.0493. The van der Waals surface area contributed by atoms with Crippen molar-refractivity contribution < 1.29 is 4.79 Å². The second-order valence-corrected chi connectivity index (χ2v) is 7.55. The molecule has 1 atom stereocenters. The van der Waals surface area contributed by atoms with Crippen LogP contribution in [-0.2, 0) is 0 Å². The maximum Gasteiger partial charge on any atom is 0.256 e. The van der Waals surface area contributed by atoms with E-state index in [0.717, 1.165) is 52.9 Å². The molecule has 0 bridgehead atoms. The fourth-order valence-electron chi connectivity index (χ4n) is 4.19. The number of halogens is 1. The number of rotatable bonds is 1. The molecule has 1 saturated heterocycles. The van der Waals surface area contributed by atoms with Crippen molar-refractivity contribution in [2.75, 3.05) is 31.5 Å². The molecule has 0 spiro atoms. The summed E-state index contributed by atoms with van der Waals surface area (Å²) in [6.45, 7) is 5.09. The summed E-state index contributed by atoms with van der Waals surface area (Å²) in [5, 5.41) is 15.6. The van der Waals surface area contributed by atoms with Gasteiger partial charge >= 0.3 is 0 Å². The first kappa shape index (κ1) is 16.6. The number of fused-ring (bicyclic) bond motifs is 3. The molecule has 5 rings (SSSR count). The van der Waals surface area contributed by atoms with Crippen molar-refractivity contribution in [2.45, 2.75) is 13.0 Å². The zero-order valence-electron chi connectivity index (χ0n) is 15.0. The Labute approximate surface area is 161 Å². The van der Waals surface area contributed by atoms with Gasteiger partial charge in [-0.15, -0.1) is 0 Å². The van der Waals surface area contributed by atoms with E-state index in [1.807, 2.05) is 29.3 Å². The number of H-pyrrole nitrogens is 1. The molecule has 3 N–H and O–H groups in total. The van der Waals surface area contributed by atoms with Crippen molar-refractivity contribution in [1.29, 1.82) is 0 Å². The highest BCUT2D eigenvalue weighted by atomic mass is 35.5. The average Bonchev–Trinajstić information content (AvgIpc) is 3.10. The molecule has 2 aromatic carbocycles. The molecule has 6 nitrogen and oxygen atoms in total. The molecular formula is C20H20ClN5O. The minimum Gasteiger partial charge on any atom is -0.381 e. The van der Waals surface area contributed by atoms with Gasteiger partial charge in [0.1, 0.15) is 0 Å². The number of benzene rings is 2. The molecule has 3 heterocycles. The second kappa shape index (κ2) is 6.25. The van der Waals surface area contributed by atoms with Gasteiger partial charge in [0.25, 0.3) is 5.91 Å². The molecule has 1 aromatic heterocycles. The van der Waals surface area contributed by atoms with E-state index in [2.05, 4.69) is 33.8 Å². The third-order valence-electron chi connectivity index (χ3n) is 5.60. The number of aromatic nitrogens is 2. The van der Waals surface area contributed by atoms with E-state index in [1.54, 1.807) is 0 Å². The Bertz CT molecular complexity index is 1060. The first-order valence-electron chi connectivity index (χ1n) is 9.16. The van der Waals surface area contributed by atoms with Crippen LogP contribution in [-0.4, -0.2) is 53.2 Å². The van der Waals surface area contributed by atoms with Crippen LogP contribution in [0.4, 0.5) is 5.69 Å². The third kappa shape index (κ3) is 2.51. The summed E-state index contributed by atoms with van der Waals surface area (Å²) < 4.78 is 0. The topological polar surface area (TPSA) is 73.1 Å². The number of piperazine rings is 1. The zero-order valence-corrected chi connectivity index (χ0v) is 15.7. The molecule has 0 aliphatic carbocycles. The van der Waals surface area contributed by atoms with Gasteiger partial charge in [-0.05, 0) is 30.2 Å². The van der Waals surface area contributed by atoms with Gasteiger partial charge in [-0.25, -0.2) is 0 Å². The third-order valence-corrected chi connectivity index (χ3v) is 5.99. The van der Waals surface area contributed by atoms with E-state index in [9.17, 15) is 4.79 Å². The summed E-state index contributed by atoms with van der Waals surface area (Å²) in [5.74, 6) is 0.0493. The van der Waals surface area contributed by atoms with Crippen LogP contribution < -0.4 is 10.6 Å². The Morgan fingerprint density at radius 2 is 2.04 bits per heavy atom. The molecular weight excluding hydrogens is 362 g/mol. The quantitative estimate of drug-likeness (QED) is 0.605. The molecule has 3 aromatic rings. The number of anilines is 1. The van der Waals surface area contributed by atoms with Gasteiger partial charge in [0.05, 0.1) is 34.0 Å². The number of aromatic amines is 1. The van der Waals surface area contributed by atoms with E-state index >= 15 is 0 Å². The Morgan fingerprint density at radius 1 is 1.19 bits per heavy atom. The van der Waals surface area contributed by atoms with Crippen molar-refractivity contribution in [3.8, 4) is 11.1 Å². The summed E-state index contributed by atoms with van der Waals surface area (Å²) in [5.41, 5.74) is 5.42. The molecule has 1 amide bonds. The summed E-state index contributed by atoms with van der Waals surface area (Å²) in [7, 11) is 0. The average molecular weight is 382 g/mol. The molecule has 7 heteroatoms. The minimum absolute atomic E-state index is 0.0493. The first-order valence-corrected chi connectivity index (χ1v) is 9.54. The SMILES string of the molecule is Cc1ccc2[nH]ncc2c1-c1ccc2c(c1Cl)NC[C@H]1CNCCN1C2=O. The molecule has 0 unspecified atom stereocenters. The van der Waals surface area contributed by atoms with Crippen LogP contribution >= 0.6 is 11.6 Å². The van der Waals surface area contributed by atoms with Crippen LogP contribution in [0.2, 0.25) is 5.02 Å². The predicted molar refractivity (Wildman–Crippen MR) is 107 cm³/mol. The van der Waals surface area contributed by atoms with Crippen molar-refractivity contribution in [2.24, 2.45) is 0 Å². The smallest absolute Gasteiger partial charge is 0.256 e. The van der Waals surface area contributed by atoms with Crippen LogP contribution in [0.1, 0.15) is 15.9 Å². The predicted octanol–water partition coefficient (Wildman–Crippen LogP) is 3.03. The molecule has 0 radical (unpaired) electrons. The molecule has 0 saturated carbocycles. The Morgan fingerprint density at radius 3 is 2.93 bits per heavy atom. The number of aryl methyl sites for hydroxylation is 1. The largest absolute Gasteiger partial charge is 0.381 e. The summed E-state index contributed by atoms with van der Waals surface area (Å²) in [6, 6.07) is 8.07. The first-order chi connectivity index (χ1) is 13.1. The van der Waals surface area contributed by atoms with Crippen molar-refractivity contribution in [3.63, 3.8) is 0 Å². The Kier molecular flexibility index (Phi) is 3.84. The highest BCUT2D eigenvalue weighted by Crippen LogP contribution is 2.41. The van der Waals surface area contributed by atoms with E-state index in [-0.39, 0.29) is 11.9 Å². The monoisotopic (exact) mass is 381 g/mol. The van der Waals surface area contributed by atoms with Gasteiger partial charge in [-0.2, -0.15) is 5.10 Å². The summed E-state index contributed by atoms with van der Waals surface area (Å²) in [4.78, 5) is 15.0. The fourth-order valence-corrected chi connectivity index (χ4v) is 4.52. The maximum atomic E-state index is 13.1. The van der Waals surface area contributed by atoms with Crippen molar-refractivity contribution in [1.82, 2.24) is 20.4 Å². The van der Waals surface area contributed by atoms with Gasteiger partial charge in [0.2, 0.25) is 0 Å². The van der Waals surface area contributed by atoms with Gasteiger partial charge in [-0.1, -0.05) is 23.7 Å². The second-order valence-electron chi connectivity index (χ2n) is 7.18. The van der Waals surface area contributed by atoms with E-state index < -0.39 is 0 Å². The fraction of sp³-hybridized carbons (Fsp3) is 0.300. The molecule has 2 aliphatic heterocycles. The number of nitrogens with one attached hydrogen (secondary N) is 3. The van der Waals surface area contributed by atoms with Gasteiger partial charge in [0.15, 0.2) is 0 Å². The van der Waals surface area contributed by atoms with E-state index in [4.69, 9.17) is 11.6 Å². The van der Waals surface area contributed by atoms with Crippen LogP contribution in [0.25, 0.3) is 22.0 Å². The number of amides is 1. The van der Waals surface area contributed by atoms with E-state index in [1.165, 1.54) is 0 Å². The lowest BCUT2D eigenvalue weighted by Gasteiger charge is -2.34. The van der Waals surface area contributed by atoms with Crippen molar-refractivity contribution in [3.05, 3.63) is 46.6 Å². The molecule has 27 heavy (non-hydrogen) atoms. The summed E-state index contributed by atoms with van der Waals surface area (Å²) in [6.07, 6.45) is 1.82.